The predicted molar refractivity (Wildman–Crippen MR) is 99.1 cm³/mol. The van der Waals surface area contributed by atoms with Gasteiger partial charge in [-0.25, -0.2) is 4.98 Å². The van der Waals surface area contributed by atoms with Gasteiger partial charge in [0.25, 0.3) is 0 Å². The lowest BCUT2D eigenvalue weighted by atomic mass is 10.0. The fourth-order valence-corrected chi connectivity index (χ4v) is 2.86. The molecule has 3 rings (SSSR count). The monoisotopic (exact) mass is 338 g/mol. The van der Waals surface area contributed by atoms with Gasteiger partial charge in [0.15, 0.2) is 5.82 Å². The lowest BCUT2D eigenvalue weighted by molar-refractivity contribution is 0.678. The first-order chi connectivity index (χ1) is 11.8. The normalized spacial score (nSPS) is 13.9. The zero-order valence-corrected chi connectivity index (χ0v) is 13.9. The van der Waals surface area contributed by atoms with Crippen LogP contribution >= 0.6 is 11.6 Å². The molecule has 122 valence electrons. The number of allylic oxidation sites excluding steroid dienone is 1. The third-order valence-corrected chi connectivity index (χ3v) is 4.15. The molecule has 5 heteroatoms. The molecule has 2 heterocycles. The Morgan fingerprint density at radius 3 is 2.79 bits per heavy atom. The Morgan fingerprint density at radius 1 is 1.21 bits per heavy atom. The second-order valence-corrected chi connectivity index (χ2v) is 5.98. The van der Waals surface area contributed by atoms with Crippen LogP contribution in [0.5, 0.6) is 0 Å². The number of hydrogen-bond acceptors (Lipinski definition) is 4. The molecule has 1 aliphatic rings. The fourth-order valence-electron chi connectivity index (χ4n) is 2.67. The molecule has 1 aromatic heterocycles. The quantitative estimate of drug-likeness (QED) is 0.658. The summed E-state index contributed by atoms with van der Waals surface area (Å²) in [4.78, 5) is 6.44. The second kappa shape index (κ2) is 7.87. The van der Waals surface area contributed by atoms with Crippen LogP contribution in [0.1, 0.15) is 18.4 Å². The highest BCUT2D eigenvalue weighted by atomic mass is 35.5. The minimum Gasteiger partial charge on any atom is -0.761 e. The number of pyridine rings is 1. The summed E-state index contributed by atoms with van der Waals surface area (Å²) in [5, 5.41) is 11.7. The van der Waals surface area contributed by atoms with Gasteiger partial charge in [-0.15, -0.1) is 0 Å². The largest absolute Gasteiger partial charge is 0.761 e. The summed E-state index contributed by atoms with van der Waals surface area (Å²) >= 11 is 5.95. The average Bonchev–Trinajstić information content (AvgIpc) is 2.62. The molecule has 1 saturated heterocycles. The minimum absolute atomic E-state index is 0.519. The Hall–Kier alpha value is -2.48. The van der Waals surface area contributed by atoms with Crippen molar-refractivity contribution in [3.05, 3.63) is 70.0 Å². The number of nitrogens with zero attached hydrogens (tertiary/aromatic N) is 2. The van der Waals surface area contributed by atoms with Crippen molar-refractivity contribution in [2.75, 3.05) is 23.5 Å². The van der Waals surface area contributed by atoms with Gasteiger partial charge in [-0.3, -0.25) is 0 Å². The highest BCUT2D eigenvalue weighted by molar-refractivity contribution is 6.30. The molecule has 0 amide bonds. The van der Waals surface area contributed by atoms with Crippen molar-refractivity contribution in [2.24, 2.45) is 0 Å². The standard InChI is InChI=1S/C19H17ClN3O/c20-17-7-2-6-16(14-17)5-1-4-15-9-12-23(13-10-15)19-18(22-24)8-3-11-21-19/h2-4,6-8,11,14,22H,9-10,12-13H2/q-1. The van der Waals surface area contributed by atoms with E-state index in [1.165, 1.54) is 5.57 Å². The predicted octanol–water partition coefficient (Wildman–Crippen LogP) is 4.22. The lowest BCUT2D eigenvalue weighted by Gasteiger charge is -2.31. The van der Waals surface area contributed by atoms with E-state index in [0.29, 0.717) is 10.7 Å². The Morgan fingerprint density at radius 2 is 2.04 bits per heavy atom. The summed E-state index contributed by atoms with van der Waals surface area (Å²) in [7, 11) is 0. The third kappa shape index (κ3) is 4.08. The van der Waals surface area contributed by atoms with Crippen molar-refractivity contribution in [2.45, 2.75) is 12.8 Å². The molecule has 4 nitrogen and oxygen atoms in total. The van der Waals surface area contributed by atoms with Gasteiger partial charge in [0.05, 0.1) is 5.69 Å². The van der Waals surface area contributed by atoms with Gasteiger partial charge in [-0.1, -0.05) is 35.1 Å². The molecule has 0 bridgehead atoms. The number of aromatic nitrogens is 1. The van der Waals surface area contributed by atoms with Gasteiger partial charge in [-0.05, 0) is 49.2 Å². The van der Waals surface area contributed by atoms with Crippen molar-refractivity contribution >= 4 is 23.1 Å². The summed E-state index contributed by atoms with van der Waals surface area (Å²) in [6, 6.07) is 11.0. The molecule has 0 saturated carbocycles. The van der Waals surface area contributed by atoms with Gasteiger partial charge in [0.1, 0.15) is 0 Å². The first-order valence-corrected chi connectivity index (χ1v) is 8.17. The zero-order chi connectivity index (χ0) is 16.8. The van der Waals surface area contributed by atoms with Gasteiger partial charge >= 0.3 is 0 Å². The zero-order valence-electron chi connectivity index (χ0n) is 13.1. The molecular formula is C19H17ClN3O-. The molecule has 0 aliphatic carbocycles. The lowest BCUT2D eigenvalue weighted by Crippen LogP contribution is -2.31. The highest BCUT2D eigenvalue weighted by Crippen LogP contribution is 2.26. The molecule has 24 heavy (non-hydrogen) atoms. The first kappa shape index (κ1) is 16.4. The molecule has 1 aromatic carbocycles. The van der Waals surface area contributed by atoms with E-state index in [4.69, 9.17) is 11.6 Å². The van der Waals surface area contributed by atoms with E-state index in [-0.39, 0.29) is 0 Å². The van der Waals surface area contributed by atoms with Crippen molar-refractivity contribution in [3.8, 4) is 11.8 Å². The van der Waals surface area contributed by atoms with Gasteiger partial charge in [-0.2, -0.15) is 0 Å². The number of nitrogens with one attached hydrogen (secondary N) is 1. The number of benzene rings is 1. The van der Waals surface area contributed by atoms with Gasteiger partial charge in [0.2, 0.25) is 0 Å². The maximum absolute atomic E-state index is 11.0. The van der Waals surface area contributed by atoms with Crippen LogP contribution in [0.4, 0.5) is 11.5 Å². The number of halogens is 1. The summed E-state index contributed by atoms with van der Waals surface area (Å²) in [6.45, 7) is 1.66. The minimum atomic E-state index is 0.519. The first-order valence-electron chi connectivity index (χ1n) is 7.79. The van der Waals surface area contributed by atoms with Crippen LogP contribution in [0.2, 0.25) is 5.02 Å². The number of piperidine rings is 1. The highest BCUT2D eigenvalue weighted by Gasteiger charge is 2.16. The summed E-state index contributed by atoms with van der Waals surface area (Å²) < 4.78 is 0. The summed E-state index contributed by atoms with van der Waals surface area (Å²) in [6.07, 6.45) is 5.53. The molecular weight excluding hydrogens is 322 g/mol. The van der Waals surface area contributed by atoms with E-state index in [1.54, 1.807) is 18.3 Å². The van der Waals surface area contributed by atoms with Crippen molar-refractivity contribution in [3.63, 3.8) is 0 Å². The van der Waals surface area contributed by atoms with Crippen LogP contribution in [0.25, 0.3) is 0 Å². The van der Waals surface area contributed by atoms with Crippen LogP contribution < -0.4 is 10.4 Å². The Balaban J connectivity index is 1.63. The molecule has 0 unspecified atom stereocenters. The number of rotatable bonds is 2. The topological polar surface area (TPSA) is 51.2 Å². The number of hydrogen-bond donors (Lipinski definition) is 1. The molecule has 2 aromatic rings. The molecule has 0 atom stereocenters. The summed E-state index contributed by atoms with van der Waals surface area (Å²) in [5.41, 5.74) is 4.70. The van der Waals surface area contributed by atoms with E-state index < -0.39 is 0 Å². The summed E-state index contributed by atoms with van der Waals surface area (Å²) in [5.74, 6) is 6.93. The van der Waals surface area contributed by atoms with Crippen molar-refractivity contribution < 1.29 is 0 Å². The van der Waals surface area contributed by atoms with Gasteiger partial charge < -0.3 is 15.6 Å². The van der Waals surface area contributed by atoms with Crippen molar-refractivity contribution in [1.29, 1.82) is 0 Å². The van der Waals surface area contributed by atoms with Crippen LogP contribution in [-0.2, 0) is 0 Å². The van der Waals surface area contributed by atoms with Gasteiger partial charge in [0, 0.05) is 29.9 Å². The van der Waals surface area contributed by atoms with Crippen LogP contribution in [0, 0.1) is 17.0 Å². The van der Waals surface area contributed by atoms with E-state index in [9.17, 15) is 5.21 Å². The maximum Gasteiger partial charge on any atom is 0.151 e. The Bertz CT molecular complexity index is 797. The molecule has 0 radical (unpaired) electrons. The molecule has 1 N–H and O–H groups in total. The third-order valence-electron chi connectivity index (χ3n) is 3.92. The Labute approximate surface area is 146 Å². The van der Waals surface area contributed by atoms with E-state index in [1.807, 2.05) is 35.8 Å². The molecule has 1 fully saturated rings. The molecule has 0 spiro atoms. The SMILES string of the molecule is [O-]Nc1cccnc1N1CCC(=CC#Cc2cccc(Cl)c2)CC1. The van der Waals surface area contributed by atoms with E-state index in [0.717, 1.165) is 37.3 Å². The smallest absolute Gasteiger partial charge is 0.151 e. The fraction of sp³-hybridized carbons (Fsp3) is 0.211. The van der Waals surface area contributed by atoms with Crippen molar-refractivity contribution in [1.82, 2.24) is 4.98 Å². The maximum atomic E-state index is 11.0. The Kier molecular flexibility index (Phi) is 5.37. The van der Waals surface area contributed by atoms with E-state index in [2.05, 4.69) is 21.7 Å². The van der Waals surface area contributed by atoms with Crippen LogP contribution in [0.3, 0.4) is 0 Å². The van der Waals surface area contributed by atoms with Crippen LogP contribution in [-0.4, -0.2) is 18.1 Å². The number of anilines is 2. The average molecular weight is 339 g/mol. The molecule has 1 aliphatic heterocycles. The second-order valence-electron chi connectivity index (χ2n) is 5.55. The van der Waals surface area contributed by atoms with Crippen LogP contribution in [0.15, 0.2) is 54.2 Å². The van der Waals surface area contributed by atoms with E-state index >= 15 is 0 Å².